The second-order valence-electron chi connectivity index (χ2n) is 4.34. The third-order valence-electron chi connectivity index (χ3n) is 2.81. The Bertz CT molecular complexity index is 592. The number of nitrogens with two attached hydrogens (primary N) is 1. The molecule has 0 radical (unpaired) electrons. The number of rotatable bonds is 3. The van der Waals surface area contributed by atoms with Crippen LogP contribution in [0.1, 0.15) is 18.1 Å². The van der Waals surface area contributed by atoms with Crippen molar-refractivity contribution in [3.63, 3.8) is 0 Å². The molecule has 20 heavy (non-hydrogen) atoms. The molecule has 0 bridgehead atoms. The molecule has 0 unspecified atom stereocenters. The van der Waals surface area contributed by atoms with E-state index in [4.69, 9.17) is 5.73 Å². The molecular formula is C14H14F3N3. The van der Waals surface area contributed by atoms with Crippen molar-refractivity contribution in [2.24, 2.45) is 0 Å². The van der Waals surface area contributed by atoms with Gasteiger partial charge in [0.05, 0.1) is 5.56 Å². The van der Waals surface area contributed by atoms with Crippen molar-refractivity contribution < 1.29 is 13.2 Å². The van der Waals surface area contributed by atoms with E-state index in [9.17, 15) is 13.2 Å². The molecule has 0 fully saturated rings. The van der Waals surface area contributed by atoms with Crippen LogP contribution >= 0.6 is 0 Å². The smallest absolute Gasteiger partial charge is 0.384 e. The Hall–Kier alpha value is -2.24. The Kier molecular flexibility index (Phi) is 3.83. The summed E-state index contributed by atoms with van der Waals surface area (Å²) in [5.74, 6) is -0.103. The van der Waals surface area contributed by atoms with Crippen molar-refractivity contribution in [3.05, 3.63) is 47.5 Å². The number of hydrogen-bond acceptors (Lipinski definition) is 3. The molecule has 106 valence electrons. The zero-order valence-corrected chi connectivity index (χ0v) is 10.8. The lowest BCUT2D eigenvalue weighted by Crippen LogP contribution is -2.08. The van der Waals surface area contributed by atoms with Gasteiger partial charge in [-0.05, 0) is 36.2 Å². The average molecular weight is 281 g/mol. The Morgan fingerprint density at radius 2 is 1.80 bits per heavy atom. The summed E-state index contributed by atoms with van der Waals surface area (Å²) in [4.78, 5) is 3.85. The first-order valence-electron chi connectivity index (χ1n) is 6.09. The van der Waals surface area contributed by atoms with Crippen LogP contribution in [0.3, 0.4) is 0 Å². The van der Waals surface area contributed by atoms with E-state index in [-0.39, 0.29) is 11.6 Å². The number of alkyl halides is 3. The maximum absolute atomic E-state index is 12.7. The molecule has 0 saturated carbocycles. The molecule has 0 amide bonds. The third-order valence-corrected chi connectivity index (χ3v) is 2.81. The molecule has 0 aliphatic carbocycles. The van der Waals surface area contributed by atoms with Gasteiger partial charge in [-0.1, -0.05) is 19.1 Å². The summed E-state index contributed by atoms with van der Waals surface area (Å²) in [7, 11) is 0. The van der Waals surface area contributed by atoms with E-state index in [1.165, 1.54) is 0 Å². The van der Waals surface area contributed by atoms with E-state index in [0.717, 1.165) is 24.1 Å². The zero-order valence-electron chi connectivity index (χ0n) is 10.8. The molecule has 1 aromatic heterocycles. The van der Waals surface area contributed by atoms with Gasteiger partial charge in [0.25, 0.3) is 0 Å². The molecule has 6 heteroatoms. The van der Waals surface area contributed by atoms with Gasteiger partial charge in [-0.25, -0.2) is 4.98 Å². The highest BCUT2D eigenvalue weighted by Crippen LogP contribution is 2.32. The fourth-order valence-corrected chi connectivity index (χ4v) is 1.75. The molecule has 2 aromatic rings. The molecule has 3 nitrogen and oxygen atoms in total. The highest BCUT2D eigenvalue weighted by molar-refractivity contribution is 5.59. The zero-order chi connectivity index (χ0) is 14.8. The van der Waals surface area contributed by atoms with Gasteiger partial charge in [0.1, 0.15) is 11.6 Å². The average Bonchev–Trinajstić information content (AvgIpc) is 2.38. The normalized spacial score (nSPS) is 11.4. The number of aryl methyl sites for hydroxylation is 1. The number of pyridine rings is 1. The molecule has 0 atom stereocenters. The Balaban J connectivity index is 2.26. The lowest BCUT2D eigenvalue weighted by Gasteiger charge is -2.11. The van der Waals surface area contributed by atoms with E-state index in [0.29, 0.717) is 5.69 Å². The standard InChI is InChI=1S/C14H14F3N3/c1-2-9-3-5-11(6-4-9)19-13-8-10(14(15,16)17)7-12(18)20-13/h3-8H,2H2,1H3,(H3,18,19,20). The fourth-order valence-electron chi connectivity index (χ4n) is 1.75. The first kappa shape index (κ1) is 14.2. The summed E-state index contributed by atoms with van der Waals surface area (Å²) in [6, 6.07) is 9.13. The molecule has 1 heterocycles. The minimum atomic E-state index is -4.44. The number of nitrogens with zero attached hydrogens (tertiary/aromatic N) is 1. The van der Waals surface area contributed by atoms with E-state index in [1.54, 1.807) is 12.1 Å². The molecule has 3 N–H and O–H groups in total. The van der Waals surface area contributed by atoms with Gasteiger partial charge < -0.3 is 11.1 Å². The van der Waals surface area contributed by atoms with Crippen LogP contribution in [0.25, 0.3) is 0 Å². The van der Waals surface area contributed by atoms with Crippen molar-refractivity contribution in [1.29, 1.82) is 0 Å². The van der Waals surface area contributed by atoms with Crippen LogP contribution in [0.2, 0.25) is 0 Å². The van der Waals surface area contributed by atoms with E-state index in [2.05, 4.69) is 10.3 Å². The first-order chi connectivity index (χ1) is 9.38. The van der Waals surface area contributed by atoms with Crippen molar-refractivity contribution in [2.45, 2.75) is 19.5 Å². The van der Waals surface area contributed by atoms with Gasteiger partial charge in [0.15, 0.2) is 0 Å². The topological polar surface area (TPSA) is 50.9 Å². The third kappa shape index (κ3) is 3.40. The van der Waals surface area contributed by atoms with Crippen LogP contribution in [-0.4, -0.2) is 4.98 Å². The van der Waals surface area contributed by atoms with Gasteiger partial charge in [0.2, 0.25) is 0 Å². The van der Waals surface area contributed by atoms with Crippen LogP contribution in [0.15, 0.2) is 36.4 Å². The van der Waals surface area contributed by atoms with Gasteiger partial charge in [-0.3, -0.25) is 0 Å². The van der Waals surface area contributed by atoms with Crippen molar-refractivity contribution >= 4 is 17.3 Å². The number of nitrogen functional groups attached to an aromatic ring is 1. The number of benzene rings is 1. The number of nitrogens with one attached hydrogen (secondary N) is 1. The number of halogens is 3. The van der Waals surface area contributed by atoms with Crippen LogP contribution in [0.5, 0.6) is 0 Å². The van der Waals surface area contributed by atoms with Gasteiger partial charge in [-0.15, -0.1) is 0 Å². The summed E-state index contributed by atoms with van der Waals surface area (Å²) < 4.78 is 38.0. The lowest BCUT2D eigenvalue weighted by molar-refractivity contribution is -0.137. The largest absolute Gasteiger partial charge is 0.416 e. The predicted octanol–water partition coefficient (Wildman–Crippen LogP) is 3.99. The highest BCUT2D eigenvalue weighted by Gasteiger charge is 2.31. The molecule has 0 spiro atoms. The maximum Gasteiger partial charge on any atom is 0.416 e. The second kappa shape index (κ2) is 5.40. The van der Waals surface area contributed by atoms with E-state index < -0.39 is 11.7 Å². The summed E-state index contributed by atoms with van der Waals surface area (Å²) in [5.41, 5.74) is 6.39. The predicted molar refractivity (Wildman–Crippen MR) is 72.8 cm³/mol. The van der Waals surface area contributed by atoms with Crippen LogP contribution < -0.4 is 11.1 Å². The molecule has 2 rings (SSSR count). The van der Waals surface area contributed by atoms with Gasteiger partial charge in [0, 0.05) is 5.69 Å². The van der Waals surface area contributed by atoms with Crippen molar-refractivity contribution in [3.8, 4) is 0 Å². The van der Waals surface area contributed by atoms with Crippen molar-refractivity contribution in [1.82, 2.24) is 4.98 Å². The highest BCUT2D eigenvalue weighted by atomic mass is 19.4. The number of hydrogen-bond donors (Lipinski definition) is 2. The summed E-state index contributed by atoms with van der Waals surface area (Å²) in [6.45, 7) is 2.03. The molecular weight excluding hydrogens is 267 g/mol. The Labute approximate surface area is 114 Å². The molecule has 0 aliphatic heterocycles. The number of anilines is 3. The quantitative estimate of drug-likeness (QED) is 0.894. The second-order valence-corrected chi connectivity index (χ2v) is 4.34. The monoisotopic (exact) mass is 281 g/mol. The van der Waals surface area contributed by atoms with E-state index >= 15 is 0 Å². The molecule has 0 aliphatic rings. The molecule has 0 saturated heterocycles. The number of aromatic nitrogens is 1. The summed E-state index contributed by atoms with van der Waals surface area (Å²) in [6.07, 6.45) is -3.55. The van der Waals surface area contributed by atoms with Crippen LogP contribution in [0.4, 0.5) is 30.5 Å². The summed E-state index contributed by atoms with van der Waals surface area (Å²) >= 11 is 0. The van der Waals surface area contributed by atoms with Crippen LogP contribution in [0, 0.1) is 0 Å². The fraction of sp³-hybridized carbons (Fsp3) is 0.214. The Morgan fingerprint density at radius 1 is 1.15 bits per heavy atom. The summed E-state index contributed by atoms with van der Waals surface area (Å²) in [5, 5.41) is 2.82. The van der Waals surface area contributed by atoms with Gasteiger partial charge >= 0.3 is 6.18 Å². The SMILES string of the molecule is CCc1ccc(Nc2cc(C(F)(F)F)cc(N)n2)cc1. The first-order valence-corrected chi connectivity index (χ1v) is 6.09. The maximum atomic E-state index is 12.7. The minimum absolute atomic E-state index is 0.0709. The lowest BCUT2D eigenvalue weighted by atomic mass is 10.1. The van der Waals surface area contributed by atoms with Gasteiger partial charge in [-0.2, -0.15) is 13.2 Å². The minimum Gasteiger partial charge on any atom is -0.384 e. The Morgan fingerprint density at radius 3 is 2.35 bits per heavy atom. The molecule has 1 aromatic carbocycles. The van der Waals surface area contributed by atoms with Crippen LogP contribution in [-0.2, 0) is 12.6 Å². The van der Waals surface area contributed by atoms with Crippen molar-refractivity contribution in [2.75, 3.05) is 11.1 Å². The van der Waals surface area contributed by atoms with E-state index in [1.807, 2.05) is 19.1 Å².